The Morgan fingerprint density at radius 1 is 1.20 bits per heavy atom. The Bertz CT molecular complexity index is 743. The van der Waals surface area contributed by atoms with Gasteiger partial charge in [-0.3, -0.25) is 4.79 Å². The highest BCUT2D eigenvalue weighted by atomic mass is 35.5. The summed E-state index contributed by atoms with van der Waals surface area (Å²) in [6.45, 7) is 11.8. The smallest absolute Gasteiger partial charge is 0.251 e. The van der Waals surface area contributed by atoms with E-state index in [1.807, 2.05) is 47.6 Å². The maximum Gasteiger partial charge on any atom is 0.251 e. The van der Waals surface area contributed by atoms with Crippen LogP contribution in [-0.4, -0.2) is 37.7 Å². The number of carbonyl (C=O) groups is 1. The molecule has 0 aromatic carbocycles. The predicted molar refractivity (Wildman–Crippen MR) is 100 cm³/mol. The maximum absolute atomic E-state index is 12.2. The van der Waals surface area contributed by atoms with Gasteiger partial charge in [0.15, 0.2) is 0 Å². The number of rotatable bonds is 5. The van der Waals surface area contributed by atoms with Crippen molar-refractivity contribution in [2.45, 2.75) is 53.5 Å². The zero-order valence-electron chi connectivity index (χ0n) is 15.7. The fourth-order valence-electron chi connectivity index (χ4n) is 2.48. The van der Waals surface area contributed by atoms with Gasteiger partial charge in [0.25, 0.3) is 5.95 Å². The topological polar surface area (TPSA) is 98.7 Å². The van der Waals surface area contributed by atoms with Gasteiger partial charge in [0, 0.05) is 34.7 Å². The second-order valence-electron chi connectivity index (χ2n) is 6.95. The van der Waals surface area contributed by atoms with Crippen molar-refractivity contribution in [2.75, 3.05) is 6.54 Å². The summed E-state index contributed by atoms with van der Waals surface area (Å²) in [6, 6.07) is 1.91. The Kier molecular flexibility index (Phi) is 6.68. The van der Waals surface area contributed by atoms with Gasteiger partial charge < -0.3 is 11.1 Å². The lowest BCUT2D eigenvalue weighted by atomic mass is 10.1. The summed E-state index contributed by atoms with van der Waals surface area (Å²) in [6.07, 6.45) is 0.262. The highest BCUT2D eigenvalue weighted by molar-refractivity contribution is 5.85. The van der Waals surface area contributed by atoms with E-state index >= 15 is 0 Å². The molecule has 7 nitrogen and oxygen atoms in total. The number of nitrogens with two attached hydrogens (primary N) is 1. The van der Waals surface area contributed by atoms with Gasteiger partial charge in [0.1, 0.15) is 0 Å². The van der Waals surface area contributed by atoms with Crippen molar-refractivity contribution in [3.8, 4) is 5.95 Å². The Balaban J connectivity index is 0.00000312. The van der Waals surface area contributed by atoms with Crippen LogP contribution in [0.25, 0.3) is 5.95 Å². The highest BCUT2D eigenvalue weighted by Gasteiger charge is 2.19. The average Bonchev–Trinajstić information content (AvgIpc) is 2.71. The van der Waals surface area contributed by atoms with E-state index < -0.39 is 5.54 Å². The fraction of sp³-hybridized carbons (Fsp3) is 0.529. The Hall–Kier alpha value is -1.99. The number of amides is 1. The van der Waals surface area contributed by atoms with Crippen LogP contribution in [-0.2, 0) is 11.2 Å². The number of halogens is 1. The van der Waals surface area contributed by atoms with Crippen molar-refractivity contribution in [1.82, 2.24) is 25.1 Å². The van der Waals surface area contributed by atoms with Crippen LogP contribution in [0.1, 0.15) is 42.2 Å². The molecule has 0 spiro atoms. The minimum atomic E-state index is -0.434. The highest BCUT2D eigenvalue weighted by Crippen LogP contribution is 2.17. The Morgan fingerprint density at radius 2 is 1.76 bits per heavy atom. The summed E-state index contributed by atoms with van der Waals surface area (Å²) < 4.78 is 1.70. The third-order valence-electron chi connectivity index (χ3n) is 3.68. The second kappa shape index (κ2) is 7.93. The minimum Gasteiger partial charge on any atom is -0.354 e. The summed E-state index contributed by atoms with van der Waals surface area (Å²) in [4.78, 5) is 21.1. The lowest BCUT2D eigenvalue weighted by Crippen LogP contribution is -2.45. The molecule has 0 radical (unpaired) electrons. The number of carbonyl (C=O) groups excluding carboxylic acids is 1. The third-order valence-corrected chi connectivity index (χ3v) is 3.68. The molecule has 2 aromatic heterocycles. The molecule has 0 aliphatic carbocycles. The van der Waals surface area contributed by atoms with Crippen LogP contribution in [0.2, 0.25) is 0 Å². The van der Waals surface area contributed by atoms with E-state index in [0.717, 1.165) is 28.3 Å². The monoisotopic (exact) mass is 366 g/mol. The average molecular weight is 367 g/mol. The fourth-order valence-corrected chi connectivity index (χ4v) is 2.48. The zero-order valence-corrected chi connectivity index (χ0v) is 16.5. The van der Waals surface area contributed by atoms with Crippen LogP contribution in [0.3, 0.4) is 0 Å². The van der Waals surface area contributed by atoms with Gasteiger partial charge in [0.2, 0.25) is 5.91 Å². The molecule has 0 atom stereocenters. The molecule has 0 unspecified atom stereocenters. The van der Waals surface area contributed by atoms with E-state index in [4.69, 9.17) is 5.73 Å². The molecule has 1 amide bonds. The summed E-state index contributed by atoms with van der Waals surface area (Å²) in [5.74, 6) is 0.462. The predicted octanol–water partition coefficient (Wildman–Crippen LogP) is 1.71. The van der Waals surface area contributed by atoms with Gasteiger partial charge in [-0.1, -0.05) is 0 Å². The molecule has 25 heavy (non-hydrogen) atoms. The molecular weight excluding hydrogens is 340 g/mol. The van der Waals surface area contributed by atoms with Crippen LogP contribution in [0.15, 0.2) is 6.07 Å². The summed E-state index contributed by atoms with van der Waals surface area (Å²) in [5, 5.41) is 7.37. The molecule has 2 rings (SSSR count). The van der Waals surface area contributed by atoms with Crippen molar-refractivity contribution < 1.29 is 4.79 Å². The van der Waals surface area contributed by atoms with Crippen molar-refractivity contribution in [2.24, 2.45) is 5.73 Å². The van der Waals surface area contributed by atoms with E-state index in [2.05, 4.69) is 20.4 Å². The molecule has 0 aliphatic rings. The van der Waals surface area contributed by atoms with E-state index in [1.165, 1.54) is 0 Å². The first-order valence-corrected chi connectivity index (χ1v) is 8.00. The summed E-state index contributed by atoms with van der Waals surface area (Å²) in [7, 11) is 0. The number of aromatic nitrogens is 4. The molecule has 2 heterocycles. The Labute approximate surface area is 154 Å². The molecule has 0 saturated heterocycles. The molecule has 2 aromatic rings. The van der Waals surface area contributed by atoms with E-state index in [-0.39, 0.29) is 24.7 Å². The van der Waals surface area contributed by atoms with Gasteiger partial charge in [-0.05, 0) is 47.6 Å². The second-order valence-corrected chi connectivity index (χ2v) is 6.95. The van der Waals surface area contributed by atoms with Crippen LogP contribution < -0.4 is 11.1 Å². The van der Waals surface area contributed by atoms with Crippen molar-refractivity contribution in [1.29, 1.82) is 0 Å². The number of hydrogen-bond donors (Lipinski definition) is 2. The zero-order chi connectivity index (χ0) is 18.1. The maximum atomic E-state index is 12.2. The number of nitrogens with zero attached hydrogens (tertiary/aromatic N) is 4. The van der Waals surface area contributed by atoms with Gasteiger partial charge in [-0.2, -0.15) is 5.10 Å². The van der Waals surface area contributed by atoms with E-state index in [1.54, 1.807) is 4.68 Å². The lowest BCUT2D eigenvalue weighted by molar-refractivity contribution is -0.120. The molecule has 0 bridgehead atoms. The quantitative estimate of drug-likeness (QED) is 0.839. The molecular formula is C17H27ClN6O. The van der Waals surface area contributed by atoms with Crippen LogP contribution in [0.5, 0.6) is 0 Å². The normalized spacial score (nSPS) is 11.2. The lowest BCUT2D eigenvalue weighted by Gasteiger charge is -2.18. The van der Waals surface area contributed by atoms with Crippen molar-refractivity contribution in [3.63, 3.8) is 0 Å². The van der Waals surface area contributed by atoms with Gasteiger partial charge in [-0.15, -0.1) is 12.4 Å². The van der Waals surface area contributed by atoms with Crippen LogP contribution >= 0.6 is 12.4 Å². The molecule has 0 saturated carbocycles. The first kappa shape index (κ1) is 21.1. The number of hydrogen-bond acceptors (Lipinski definition) is 5. The molecule has 3 N–H and O–H groups in total. The number of aryl methyl sites for hydroxylation is 3. The largest absolute Gasteiger partial charge is 0.354 e. The third kappa shape index (κ3) is 5.51. The standard InChI is InChI=1S/C17H26N6O.ClH/c1-10-7-11(2)21-16(20-10)23-13(4)14(12(3)22-23)8-15(24)19-9-17(5,6)18;/h7H,8-9,18H2,1-6H3,(H,19,24);1H. The molecule has 0 fully saturated rings. The molecule has 138 valence electrons. The van der Waals surface area contributed by atoms with E-state index in [0.29, 0.717) is 12.5 Å². The van der Waals surface area contributed by atoms with Crippen molar-refractivity contribution in [3.05, 3.63) is 34.4 Å². The van der Waals surface area contributed by atoms with Gasteiger partial charge in [0.05, 0.1) is 12.1 Å². The van der Waals surface area contributed by atoms with Gasteiger partial charge in [-0.25, -0.2) is 14.6 Å². The summed E-state index contributed by atoms with van der Waals surface area (Å²) >= 11 is 0. The van der Waals surface area contributed by atoms with Crippen LogP contribution in [0.4, 0.5) is 0 Å². The van der Waals surface area contributed by atoms with Gasteiger partial charge >= 0.3 is 0 Å². The first-order chi connectivity index (χ1) is 11.1. The molecule has 0 aliphatic heterocycles. The summed E-state index contributed by atoms with van der Waals surface area (Å²) in [5.41, 5.74) is 9.80. The minimum absolute atomic E-state index is 0. The Morgan fingerprint density at radius 3 is 2.28 bits per heavy atom. The van der Waals surface area contributed by atoms with E-state index in [9.17, 15) is 4.79 Å². The SMILES string of the molecule is Cc1cc(C)nc(-n2nc(C)c(CC(=O)NCC(C)(C)N)c2C)n1.Cl. The molecule has 8 heteroatoms. The number of nitrogens with one attached hydrogen (secondary N) is 1. The van der Waals surface area contributed by atoms with Crippen LogP contribution in [0, 0.1) is 27.7 Å². The van der Waals surface area contributed by atoms with Crippen molar-refractivity contribution >= 4 is 18.3 Å². The first-order valence-electron chi connectivity index (χ1n) is 8.00.